The molecule has 2 rings (SSSR count). The molecule has 0 amide bonds. The van der Waals surface area contributed by atoms with Gasteiger partial charge in [0, 0.05) is 6.54 Å². The summed E-state index contributed by atoms with van der Waals surface area (Å²) in [6, 6.07) is 8.23. The van der Waals surface area contributed by atoms with Crippen LogP contribution in [0.4, 0.5) is 0 Å². The topological polar surface area (TPSA) is 56.7 Å². The average Bonchev–Trinajstić information content (AvgIpc) is 2.72. The van der Waals surface area contributed by atoms with Crippen LogP contribution in [-0.2, 0) is 6.54 Å². The molecule has 0 bridgehead atoms. The van der Waals surface area contributed by atoms with Crippen LogP contribution in [0.2, 0.25) is 0 Å². The van der Waals surface area contributed by atoms with Crippen molar-refractivity contribution in [2.24, 2.45) is 5.73 Å². The van der Waals surface area contributed by atoms with Gasteiger partial charge in [-0.2, -0.15) is 0 Å². The third-order valence-corrected chi connectivity index (χ3v) is 2.77. The molecule has 0 aliphatic carbocycles. The second-order valence-corrected chi connectivity index (χ2v) is 4.53. The molecule has 0 fully saturated rings. The molecule has 1 aromatic heterocycles. The molecule has 2 aromatic rings. The van der Waals surface area contributed by atoms with Gasteiger partial charge in [0.05, 0.1) is 11.4 Å². The second-order valence-electron chi connectivity index (χ2n) is 4.53. The van der Waals surface area contributed by atoms with Crippen molar-refractivity contribution in [1.29, 1.82) is 0 Å². The average molecular weight is 230 g/mol. The van der Waals surface area contributed by atoms with E-state index < -0.39 is 0 Å². The summed E-state index contributed by atoms with van der Waals surface area (Å²) in [5, 5.41) is 8.36. The third-order valence-electron chi connectivity index (χ3n) is 2.77. The smallest absolute Gasteiger partial charge is 0.100 e. The van der Waals surface area contributed by atoms with Gasteiger partial charge in [0.15, 0.2) is 0 Å². The van der Waals surface area contributed by atoms with Crippen molar-refractivity contribution >= 4 is 0 Å². The van der Waals surface area contributed by atoms with Gasteiger partial charge in [-0.25, -0.2) is 4.68 Å². The summed E-state index contributed by atoms with van der Waals surface area (Å²) >= 11 is 0. The molecule has 0 saturated heterocycles. The van der Waals surface area contributed by atoms with Crippen molar-refractivity contribution in [3.05, 3.63) is 41.2 Å². The Hall–Kier alpha value is -1.68. The number of nitrogens with zero attached hydrogens (tertiary/aromatic N) is 3. The molecular weight excluding hydrogens is 212 g/mol. The quantitative estimate of drug-likeness (QED) is 0.879. The van der Waals surface area contributed by atoms with Gasteiger partial charge < -0.3 is 5.73 Å². The molecule has 0 unspecified atom stereocenters. The fraction of sp³-hybridized carbons (Fsp3) is 0.385. The predicted molar refractivity (Wildman–Crippen MR) is 68.1 cm³/mol. The summed E-state index contributed by atoms with van der Waals surface area (Å²) in [5.74, 6) is 0.351. The number of benzene rings is 1. The molecule has 0 spiro atoms. The van der Waals surface area contributed by atoms with Crippen LogP contribution in [0.25, 0.3) is 5.69 Å². The number of rotatable bonds is 3. The minimum atomic E-state index is 0.351. The van der Waals surface area contributed by atoms with Crippen molar-refractivity contribution in [2.45, 2.75) is 33.2 Å². The molecule has 0 radical (unpaired) electrons. The number of nitrogens with two attached hydrogens (primary N) is 1. The van der Waals surface area contributed by atoms with Gasteiger partial charge in [0.1, 0.15) is 5.69 Å². The second kappa shape index (κ2) is 4.67. The maximum absolute atomic E-state index is 5.69. The van der Waals surface area contributed by atoms with Gasteiger partial charge in [-0.1, -0.05) is 31.2 Å². The van der Waals surface area contributed by atoms with Gasteiger partial charge in [-0.15, -0.1) is 5.10 Å². The number of hydrogen-bond acceptors (Lipinski definition) is 3. The van der Waals surface area contributed by atoms with E-state index in [2.05, 4.69) is 43.2 Å². The monoisotopic (exact) mass is 230 g/mol. The lowest BCUT2D eigenvalue weighted by molar-refractivity contribution is 0.713. The number of aryl methyl sites for hydroxylation is 1. The lowest BCUT2D eigenvalue weighted by Crippen LogP contribution is -2.07. The Morgan fingerprint density at radius 2 is 2.12 bits per heavy atom. The fourth-order valence-corrected chi connectivity index (χ4v) is 1.99. The van der Waals surface area contributed by atoms with E-state index >= 15 is 0 Å². The van der Waals surface area contributed by atoms with Crippen LogP contribution in [0, 0.1) is 6.92 Å². The van der Waals surface area contributed by atoms with Crippen molar-refractivity contribution in [2.75, 3.05) is 0 Å². The summed E-state index contributed by atoms with van der Waals surface area (Å²) in [6.45, 7) is 6.76. The maximum Gasteiger partial charge on any atom is 0.100 e. The van der Waals surface area contributed by atoms with Crippen LogP contribution in [0.1, 0.15) is 36.7 Å². The highest BCUT2D eigenvalue weighted by Gasteiger charge is 2.15. The molecule has 1 heterocycles. The Kier molecular flexibility index (Phi) is 3.24. The van der Waals surface area contributed by atoms with Gasteiger partial charge in [-0.05, 0) is 30.5 Å². The summed E-state index contributed by atoms with van der Waals surface area (Å²) in [4.78, 5) is 0. The van der Waals surface area contributed by atoms with E-state index in [4.69, 9.17) is 5.73 Å². The van der Waals surface area contributed by atoms with Gasteiger partial charge >= 0.3 is 0 Å². The summed E-state index contributed by atoms with van der Waals surface area (Å²) in [5.41, 5.74) is 9.92. The first kappa shape index (κ1) is 11.8. The van der Waals surface area contributed by atoms with Gasteiger partial charge in [-0.3, -0.25) is 0 Å². The van der Waals surface area contributed by atoms with E-state index in [1.54, 1.807) is 0 Å². The zero-order valence-corrected chi connectivity index (χ0v) is 10.5. The Morgan fingerprint density at radius 1 is 1.35 bits per heavy atom. The summed E-state index contributed by atoms with van der Waals surface area (Å²) in [7, 11) is 0. The molecular formula is C13H18N4. The molecule has 1 aromatic carbocycles. The SMILES string of the molecule is Cc1cccc(-n2nnc(CN)c2C(C)C)c1. The minimum Gasteiger partial charge on any atom is -0.325 e. The van der Waals surface area contributed by atoms with E-state index in [1.807, 2.05) is 16.8 Å². The predicted octanol–water partition coefficient (Wildman–Crippen LogP) is 2.16. The van der Waals surface area contributed by atoms with Crippen molar-refractivity contribution in [3.63, 3.8) is 0 Å². The van der Waals surface area contributed by atoms with Crippen LogP contribution in [0.3, 0.4) is 0 Å². The van der Waals surface area contributed by atoms with Gasteiger partial charge in [0.25, 0.3) is 0 Å². The third kappa shape index (κ3) is 2.22. The van der Waals surface area contributed by atoms with Crippen LogP contribution in [-0.4, -0.2) is 15.0 Å². The number of hydrogen-bond donors (Lipinski definition) is 1. The molecule has 0 aliphatic heterocycles. The van der Waals surface area contributed by atoms with Crippen molar-refractivity contribution in [1.82, 2.24) is 15.0 Å². The van der Waals surface area contributed by atoms with E-state index in [9.17, 15) is 0 Å². The molecule has 0 atom stereocenters. The van der Waals surface area contributed by atoms with E-state index in [1.165, 1.54) is 5.56 Å². The summed E-state index contributed by atoms with van der Waals surface area (Å²) in [6.07, 6.45) is 0. The van der Waals surface area contributed by atoms with Crippen LogP contribution in [0.15, 0.2) is 24.3 Å². The Balaban J connectivity index is 2.56. The standard InChI is InChI=1S/C13H18N4/c1-9(2)13-12(8-14)15-16-17(13)11-6-4-5-10(3)7-11/h4-7,9H,8,14H2,1-3H3. The Bertz CT molecular complexity index is 514. The molecule has 2 N–H and O–H groups in total. The molecule has 0 aliphatic rings. The Labute approximate surface area is 101 Å². The lowest BCUT2D eigenvalue weighted by atomic mass is 10.1. The normalized spacial score (nSPS) is 11.1. The highest BCUT2D eigenvalue weighted by molar-refractivity contribution is 5.37. The lowest BCUT2D eigenvalue weighted by Gasteiger charge is -2.10. The van der Waals surface area contributed by atoms with Crippen molar-refractivity contribution in [3.8, 4) is 5.69 Å². The molecule has 17 heavy (non-hydrogen) atoms. The van der Waals surface area contributed by atoms with Crippen molar-refractivity contribution < 1.29 is 0 Å². The van der Waals surface area contributed by atoms with Crippen LogP contribution < -0.4 is 5.73 Å². The largest absolute Gasteiger partial charge is 0.325 e. The Morgan fingerprint density at radius 3 is 2.71 bits per heavy atom. The highest BCUT2D eigenvalue weighted by Crippen LogP contribution is 2.21. The zero-order chi connectivity index (χ0) is 12.4. The van der Waals surface area contributed by atoms with E-state index in [0.29, 0.717) is 12.5 Å². The first-order valence-corrected chi connectivity index (χ1v) is 5.85. The van der Waals surface area contributed by atoms with Gasteiger partial charge in [0.2, 0.25) is 0 Å². The zero-order valence-electron chi connectivity index (χ0n) is 10.5. The van der Waals surface area contributed by atoms with E-state index in [0.717, 1.165) is 17.1 Å². The first-order chi connectivity index (χ1) is 8.13. The minimum absolute atomic E-state index is 0.351. The van der Waals surface area contributed by atoms with Crippen LogP contribution >= 0.6 is 0 Å². The van der Waals surface area contributed by atoms with E-state index in [-0.39, 0.29) is 0 Å². The molecule has 4 nitrogen and oxygen atoms in total. The maximum atomic E-state index is 5.69. The van der Waals surface area contributed by atoms with Crippen LogP contribution in [0.5, 0.6) is 0 Å². The molecule has 0 saturated carbocycles. The fourth-order valence-electron chi connectivity index (χ4n) is 1.99. The first-order valence-electron chi connectivity index (χ1n) is 5.85. The summed E-state index contributed by atoms with van der Waals surface area (Å²) < 4.78 is 1.89. The number of aromatic nitrogens is 3. The molecule has 4 heteroatoms. The highest BCUT2D eigenvalue weighted by atomic mass is 15.4. The molecule has 90 valence electrons.